The van der Waals surface area contributed by atoms with E-state index in [2.05, 4.69) is 40.1 Å². The average molecular weight is 381 g/mol. The predicted octanol–water partition coefficient (Wildman–Crippen LogP) is 3.04. The molecular formula is C13H18ClIN2O. The molecule has 1 aromatic carbocycles. The molecule has 0 bridgehead atoms. The fourth-order valence-corrected chi connectivity index (χ4v) is 2.72. The van der Waals surface area contributed by atoms with Gasteiger partial charge in [-0.3, -0.25) is 4.79 Å². The van der Waals surface area contributed by atoms with Gasteiger partial charge in [0.05, 0.1) is 0 Å². The zero-order valence-electron chi connectivity index (χ0n) is 10.3. The van der Waals surface area contributed by atoms with Gasteiger partial charge in [0.25, 0.3) is 0 Å². The van der Waals surface area contributed by atoms with Gasteiger partial charge in [-0.1, -0.05) is 6.07 Å². The Bertz CT molecular complexity index is 414. The van der Waals surface area contributed by atoms with E-state index in [0.29, 0.717) is 6.04 Å². The van der Waals surface area contributed by atoms with Crippen LogP contribution in [0.1, 0.15) is 19.8 Å². The van der Waals surface area contributed by atoms with E-state index >= 15 is 0 Å². The first-order valence-electron chi connectivity index (χ1n) is 5.95. The van der Waals surface area contributed by atoms with Crippen molar-refractivity contribution in [3.05, 3.63) is 27.8 Å². The van der Waals surface area contributed by atoms with Crippen LogP contribution in [0.15, 0.2) is 24.3 Å². The monoisotopic (exact) mass is 380 g/mol. The summed E-state index contributed by atoms with van der Waals surface area (Å²) in [5.41, 5.74) is 0.896. The van der Waals surface area contributed by atoms with Gasteiger partial charge in [0, 0.05) is 21.2 Å². The van der Waals surface area contributed by atoms with Crippen molar-refractivity contribution in [2.75, 3.05) is 11.9 Å². The molecule has 5 heteroatoms. The molecule has 0 radical (unpaired) electrons. The van der Waals surface area contributed by atoms with E-state index in [1.165, 1.54) is 0 Å². The van der Waals surface area contributed by atoms with Gasteiger partial charge < -0.3 is 10.6 Å². The maximum absolute atomic E-state index is 12.1. The van der Waals surface area contributed by atoms with E-state index in [4.69, 9.17) is 0 Å². The topological polar surface area (TPSA) is 41.1 Å². The second-order valence-corrected chi connectivity index (χ2v) is 5.82. The molecule has 1 heterocycles. The number of halogens is 2. The molecule has 18 heavy (non-hydrogen) atoms. The summed E-state index contributed by atoms with van der Waals surface area (Å²) >= 11 is 2.25. The van der Waals surface area contributed by atoms with Crippen LogP contribution in [-0.4, -0.2) is 18.5 Å². The Hall–Kier alpha value is -0.330. The molecule has 1 aliphatic heterocycles. The van der Waals surface area contributed by atoms with Crippen molar-refractivity contribution < 1.29 is 4.79 Å². The summed E-state index contributed by atoms with van der Waals surface area (Å²) in [7, 11) is 0. The molecule has 100 valence electrons. The van der Waals surface area contributed by atoms with Crippen molar-refractivity contribution in [3.8, 4) is 0 Å². The number of piperidine rings is 1. The lowest BCUT2D eigenvalue weighted by atomic mass is 9.92. The van der Waals surface area contributed by atoms with Crippen LogP contribution in [0.3, 0.4) is 0 Å². The second kappa shape index (κ2) is 7.31. The maximum Gasteiger partial charge on any atom is 0.227 e. The minimum Gasteiger partial charge on any atom is -0.326 e. The summed E-state index contributed by atoms with van der Waals surface area (Å²) in [6.07, 6.45) is 1.86. The van der Waals surface area contributed by atoms with Gasteiger partial charge >= 0.3 is 0 Å². The highest BCUT2D eigenvalue weighted by atomic mass is 127. The van der Waals surface area contributed by atoms with E-state index in [1.54, 1.807) is 0 Å². The summed E-state index contributed by atoms with van der Waals surface area (Å²) in [6, 6.07) is 8.34. The van der Waals surface area contributed by atoms with Crippen LogP contribution in [0.25, 0.3) is 0 Å². The van der Waals surface area contributed by atoms with Crippen molar-refractivity contribution in [2.45, 2.75) is 25.8 Å². The maximum atomic E-state index is 12.1. The van der Waals surface area contributed by atoms with Crippen molar-refractivity contribution in [1.29, 1.82) is 0 Å². The average Bonchev–Trinajstić information content (AvgIpc) is 2.29. The molecule has 0 aromatic heterocycles. The van der Waals surface area contributed by atoms with Gasteiger partial charge in [0.1, 0.15) is 0 Å². The second-order valence-electron chi connectivity index (χ2n) is 4.58. The fraction of sp³-hybridized carbons (Fsp3) is 0.462. The minimum absolute atomic E-state index is 0. The van der Waals surface area contributed by atoms with Gasteiger partial charge in [-0.15, -0.1) is 12.4 Å². The standard InChI is InChI=1S/C13H17IN2O.ClH/c1-9-7-10(5-6-15-9)13(17)16-12-4-2-3-11(14)8-12;/h2-4,8-10,15H,5-7H2,1H3,(H,16,17);1H/t9-,10-;/m0./s1. The summed E-state index contributed by atoms with van der Waals surface area (Å²) in [5.74, 6) is 0.296. The zero-order valence-corrected chi connectivity index (χ0v) is 13.3. The van der Waals surface area contributed by atoms with Gasteiger partial charge in [0.2, 0.25) is 5.91 Å². The quantitative estimate of drug-likeness (QED) is 0.774. The SMILES string of the molecule is C[C@H]1C[C@@H](C(=O)Nc2cccc(I)c2)CCN1.Cl. The summed E-state index contributed by atoms with van der Waals surface area (Å²) in [4.78, 5) is 12.1. The highest BCUT2D eigenvalue weighted by molar-refractivity contribution is 14.1. The number of carbonyl (C=O) groups is 1. The van der Waals surface area contributed by atoms with E-state index in [1.807, 2.05) is 24.3 Å². The molecule has 0 aliphatic carbocycles. The Morgan fingerprint density at radius 2 is 2.28 bits per heavy atom. The smallest absolute Gasteiger partial charge is 0.227 e. The molecule has 0 spiro atoms. The summed E-state index contributed by atoms with van der Waals surface area (Å²) < 4.78 is 1.14. The Morgan fingerprint density at radius 3 is 2.94 bits per heavy atom. The minimum atomic E-state index is 0. The van der Waals surface area contributed by atoms with E-state index in [0.717, 1.165) is 28.6 Å². The van der Waals surface area contributed by atoms with Gasteiger partial charge in [0.15, 0.2) is 0 Å². The van der Waals surface area contributed by atoms with Gasteiger partial charge in [-0.2, -0.15) is 0 Å². The largest absolute Gasteiger partial charge is 0.326 e. The third-order valence-corrected chi connectivity index (χ3v) is 3.76. The normalized spacial score (nSPS) is 23.0. The Kier molecular flexibility index (Phi) is 6.38. The zero-order chi connectivity index (χ0) is 12.3. The molecule has 2 rings (SSSR count). The lowest BCUT2D eigenvalue weighted by Gasteiger charge is -2.27. The first kappa shape index (κ1) is 15.7. The van der Waals surface area contributed by atoms with Crippen LogP contribution in [0.4, 0.5) is 5.69 Å². The van der Waals surface area contributed by atoms with Crippen LogP contribution >= 0.6 is 35.0 Å². The van der Waals surface area contributed by atoms with Crippen LogP contribution in [0.2, 0.25) is 0 Å². The molecule has 2 atom stereocenters. The van der Waals surface area contributed by atoms with E-state index in [-0.39, 0.29) is 24.2 Å². The van der Waals surface area contributed by atoms with Gasteiger partial charge in [-0.05, 0) is 67.1 Å². The van der Waals surface area contributed by atoms with Crippen molar-refractivity contribution in [2.24, 2.45) is 5.92 Å². The van der Waals surface area contributed by atoms with E-state index < -0.39 is 0 Å². The van der Waals surface area contributed by atoms with Crippen molar-refractivity contribution >= 4 is 46.6 Å². The number of hydrogen-bond donors (Lipinski definition) is 2. The molecule has 0 saturated carbocycles. The number of anilines is 1. The molecule has 3 nitrogen and oxygen atoms in total. The number of rotatable bonds is 2. The third-order valence-electron chi connectivity index (χ3n) is 3.09. The lowest BCUT2D eigenvalue weighted by molar-refractivity contribution is -0.120. The highest BCUT2D eigenvalue weighted by Crippen LogP contribution is 2.19. The molecule has 1 fully saturated rings. The Morgan fingerprint density at radius 1 is 1.50 bits per heavy atom. The highest BCUT2D eigenvalue weighted by Gasteiger charge is 2.24. The molecule has 1 aliphatic rings. The number of nitrogens with one attached hydrogen (secondary N) is 2. The third kappa shape index (κ3) is 4.40. The number of amides is 1. The number of benzene rings is 1. The first-order chi connectivity index (χ1) is 8.15. The first-order valence-corrected chi connectivity index (χ1v) is 7.03. The van der Waals surface area contributed by atoms with Crippen molar-refractivity contribution in [1.82, 2.24) is 5.32 Å². The Labute approximate surface area is 128 Å². The summed E-state index contributed by atoms with van der Waals surface area (Å²) in [6.45, 7) is 3.07. The van der Waals surface area contributed by atoms with Crippen LogP contribution in [0, 0.1) is 9.49 Å². The number of hydrogen-bond acceptors (Lipinski definition) is 2. The van der Waals surface area contributed by atoms with Crippen LogP contribution in [0.5, 0.6) is 0 Å². The number of carbonyl (C=O) groups excluding carboxylic acids is 1. The Balaban J connectivity index is 0.00000162. The molecule has 0 unspecified atom stereocenters. The van der Waals surface area contributed by atoms with Crippen LogP contribution < -0.4 is 10.6 Å². The molecule has 2 N–H and O–H groups in total. The lowest BCUT2D eigenvalue weighted by Crippen LogP contribution is -2.40. The van der Waals surface area contributed by atoms with Crippen LogP contribution in [-0.2, 0) is 4.79 Å². The fourth-order valence-electron chi connectivity index (χ4n) is 2.18. The predicted molar refractivity (Wildman–Crippen MR) is 85.2 cm³/mol. The van der Waals surface area contributed by atoms with Gasteiger partial charge in [-0.25, -0.2) is 0 Å². The molecule has 1 aromatic rings. The molecule has 1 saturated heterocycles. The molecule has 1 amide bonds. The molecular weight excluding hydrogens is 363 g/mol. The summed E-state index contributed by atoms with van der Waals surface area (Å²) in [5, 5.41) is 6.36. The van der Waals surface area contributed by atoms with E-state index in [9.17, 15) is 4.79 Å². The van der Waals surface area contributed by atoms with Crippen molar-refractivity contribution in [3.63, 3.8) is 0 Å².